The largest absolute Gasteiger partial charge is 0.338 e. The maximum absolute atomic E-state index is 15.2. The van der Waals surface area contributed by atoms with E-state index in [0.717, 1.165) is 32.8 Å². The quantitative estimate of drug-likeness (QED) is 0.280. The molecule has 0 saturated carbocycles. The van der Waals surface area contributed by atoms with E-state index in [2.05, 4.69) is 24.3 Å². The summed E-state index contributed by atoms with van der Waals surface area (Å²) in [5.74, 6) is 0. The van der Waals surface area contributed by atoms with E-state index in [4.69, 9.17) is 0 Å². The number of anilines is 4. The van der Waals surface area contributed by atoms with E-state index in [9.17, 15) is 21.0 Å². The number of nitrogens with zero attached hydrogens (tertiary/aromatic N) is 6. The van der Waals surface area contributed by atoms with Crippen LogP contribution in [-0.2, 0) is 0 Å². The third-order valence-corrected chi connectivity index (χ3v) is 9.79. The highest BCUT2D eigenvalue weighted by atomic mass is 16.2. The Morgan fingerprint density at radius 1 is 0.479 bits per heavy atom. The molecule has 0 aromatic heterocycles. The van der Waals surface area contributed by atoms with Crippen LogP contribution in [0, 0.1) is 45.3 Å². The number of hydrogen-bond donors (Lipinski definition) is 0. The first-order chi connectivity index (χ1) is 23.6. The average Bonchev–Trinajstić information content (AvgIpc) is 3.14. The molecule has 216 valence electrons. The van der Waals surface area contributed by atoms with Crippen molar-refractivity contribution < 1.29 is 4.79 Å². The van der Waals surface area contributed by atoms with E-state index >= 15 is 4.79 Å². The van der Waals surface area contributed by atoms with Gasteiger partial charge in [-0.25, -0.2) is 4.79 Å². The molecule has 9 heteroatoms. The van der Waals surface area contributed by atoms with Gasteiger partial charge in [-0.3, -0.25) is 9.80 Å². The number of rotatable bonds is 2. The van der Waals surface area contributed by atoms with Crippen molar-refractivity contribution >= 4 is 85.8 Å². The Balaban J connectivity index is 1.51. The van der Waals surface area contributed by atoms with Crippen molar-refractivity contribution in [2.75, 3.05) is 9.80 Å². The maximum Gasteiger partial charge on any atom is 0.338 e. The van der Waals surface area contributed by atoms with E-state index in [1.165, 1.54) is 0 Å². The Hall–Kier alpha value is -7.06. The summed E-state index contributed by atoms with van der Waals surface area (Å²) in [4.78, 5) is 18.5. The molecule has 3 heterocycles. The Kier molecular flexibility index (Phi) is 5.66. The van der Waals surface area contributed by atoms with Gasteiger partial charge in [-0.05, 0) is 58.2 Å². The molecule has 3 aliphatic rings. The van der Waals surface area contributed by atoms with Crippen LogP contribution in [0.3, 0.4) is 0 Å². The average molecular weight is 608 g/mol. The topological polar surface area (TPSA) is 119 Å². The van der Waals surface area contributed by atoms with Crippen molar-refractivity contribution in [3.8, 4) is 24.3 Å². The number of carbonyl (C=O) groups excluding carboxylic acids is 1. The van der Waals surface area contributed by atoms with Crippen molar-refractivity contribution in [3.63, 3.8) is 0 Å². The van der Waals surface area contributed by atoms with Crippen LogP contribution in [0.4, 0.5) is 27.5 Å². The van der Waals surface area contributed by atoms with Crippen molar-refractivity contribution in [2.24, 2.45) is 0 Å². The van der Waals surface area contributed by atoms with E-state index in [0.29, 0.717) is 55.8 Å². The molecular formula is C39H18B2N6O. The zero-order valence-corrected chi connectivity index (χ0v) is 25.1. The molecule has 2 amide bonds. The minimum atomic E-state index is -0.369. The van der Waals surface area contributed by atoms with E-state index in [1.54, 1.807) is 34.1 Å². The fourth-order valence-corrected chi connectivity index (χ4v) is 7.93. The molecule has 0 aliphatic carbocycles. The van der Waals surface area contributed by atoms with Gasteiger partial charge in [0.15, 0.2) is 0 Å². The summed E-state index contributed by atoms with van der Waals surface area (Å²) >= 11 is 0. The number of nitriles is 4. The number of benzene rings is 6. The van der Waals surface area contributed by atoms with Crippen molar-refractivity contribution in [1.29, 1.82) is 21.0 Å². The smallest absolute Gasteiger partial charge is 0.263 e. The Bertz CT molecular complexity index is 2440. The van der Waals surface area contributed by atoms with Gasteiger partial charge in [0, 0.05) is 22.1 Å². The molecule has 48 heavy (non-hydrogen) atoms. The van der Waals surface area contributed by atoms with Gasteiger partial charge in [-0.15, -0.1) is 0 Å². The lowest BCUT2D eigenvalue weighted by Gasteiger charge is -2.46. The fraction of sp³-hybridized carbons (Fsp3) is 0. The fourth-order valence-electron chi connectivity index (χ4n) is 7.93. The van der Waals surface area contributed by atoms with Gasteiger partial charge in [-0.2, -0.15) is 21.0 Å². The summed E-state index contributed by atoms with van der Waals surface area (Å²) in [6.07, 6.45) is 0. The second-order valence-electron chi connectivity index (χ2n) is 12.1. The lowest BCUT2D eigenvalue weighted by Crippen LogP contribution is -2.64. The van der Waals surface area contributed by atoms with Gasteiger partial charge in [0.05, 0.1) is 57.9 Å². The SMILES string of the molecule is N#Cc1ccc2c(c1)N1C(=O)N3c4cc(C#N)ccc4B(c4ccccc4)c4cc(C#N)c5c(C#N)cc(c1c5c43)B2c1ccccc1. The normalized spacial score (nSPS) is 13.2. The van der Waals surface area contributed by atoms with Crippen LogP contribution in [0.25, 0.3) is 10.8 Å². The number of carbonyl (C=O) groups is 1. The van der Waals surface area contributed by atoms with Crippen LogP contribution in [0.5, 0.6) is 0 Å². The molecule has 7 nitrogen and oxygen atoms in total. The van der Waals surface area contributed by atoms with Crippen LogP contribution >= 0.6 is 0 Å². The molecule has 0 N–H and O–H groups in total. The molecule has 0 bridgehead atoms. The molecule has 6 aromatic rings. The molecule has 6 aromatic carbocycles. The number of amides is 2. The van der Waals surface area contributed by atoms with Crippen LogP contribution in [-0.4, -0.2) is 19.5 Å². The van der Waals surface area contributed by atoms with Crippen molar-refractivity contribution in [1.82, 2.24) is 0 Å². The lowest BCUT2D eigenvalue weighted by molar-refractivity contribution is 0.255. The van der Waals surface area contributed by atoms with Crippen LogP contribution in [0.2, 0.25) is 0 Å². The Morgan fingerprint density at radius 2 is 0.917 bits per heavy atom. The van der Waals surface area contributed by atoms with Gasteiger partial charge in [0.2, 0.25) is 13.4 Å². The highest BCUT2D eigenvalue weighted by Crippen LogP contribution is 2.49. The number of hydrogen-bond acceptors (Lipinski definition) is 5. The van der Waals surface area contributed by atoms with Gasteiger partial charge >= 0.3 is 6.03 Å². The van der Waals surface area contributed by atoms with Crippen LogP contribution in [0.1, 0.15) is 22.3 Å². The first-order valence-corrected chi connectivity index (χ1v) is 15.4. The molecule has 0 atom stereocenters. The zero-order chi connectivity index (χ0) is 32.7. The monoisotopic (exact) mass is 608 g/mol. The molecule has 0 unspecified atom stereocenters. The maximum atomic E-state index is 15.2. The lowest BCUT2D eigenvalue weighted by atomic mass is 9.33. The van der Waals surface area contributed by atoms with Crippen LogP contribution in [0.15, 0.2) is 109 Å². The van der Waals surface area contributed by atoms with Gasteiger partial charge in [0.1, 0.15) is 0 Å². The summed E-state index contributed by atoms with van der Waals surface area (Å²) in [6, 6.07) is 43.0. The molecule has 3 aliphatic heterocycles. The standard InChI is InChI=1S/C39H18B2N6O/c42-19-23-11-13-29-33(15-23)46-37-31(40(29)27-7-3-1-4-8-27)17-25(21-44)35-26(22-45)18-32-38(36(35)37)47(39(46)48)34-16-24(20-43)12-14-30(34)41(32)28-9-5-2-6-10-28/h1-18H. The summed E-state index contributed by atoms with van der Waals surface area (Å²) in [5.41, 5.74) is 8.87. The molecule has 0 radical (unpaired) electrons. The third kappa shape index (κ3) is 3.48. The van der Waals surface area contributed by atoms with Crippen LogP contribution < -0.4 is 42.6 Å². The molecule has 0 spiro atoms. The molecular weight excluding hydrogens is 590 g/mol. The summed E-state index contributed by atoms with van der Waals surface area (Å²) < 4.78 is 0. The predicted molar refractivity (Wildman–Crippen MR) is 188 cm³/mol. The van der Waals surface area contributed by atoms with Gasteiger partial charge < -0.3 is 0 Å². The summed E-state index contributed by atoms with van der Waals surface area (Å²) in [7, 11) is 0. The predicted octanol–water partition coefficient (Wildman–Crippen LogP) is 3.40. The summed E-state index contributed by atoms with van der Waals surface area (Å²) in [6.45, 7) is -0.716. The van der Waals surface area contributed by atoms with Crippen molar-refractivity contribution in [3.05, 3.63) is 131 Å². The first kappa shape index (κ1) is 27.3. The molecule has 0 saturated heterocycles. The molecule has 0 fully saturated rings. The van der Waals surface area contributed by atoms with Gasteiger partial charge in [-0.1, -0.05) is 83.7 Å². The Morgan fingerprint density at radius 3 is 1.31 bits per heavy atom. The highest BCUT2D eigenvalue weighted by Gasteiger charge is 2.49. The summed E-state index contributed by atoms with van der Waals surface area (Å²) in [5, 5.41) is 42.3. The zero-order valence-electron chi connectivity index (χ0n) is 25.1. The Labute approximate surface area is 276 Å². The minimum Gasteiger partial charge on any atom is -0.263 e. The molecule has 9 rings (SSSR count). The van der Waals surface area contributed by atoms with E-state index < -0.39 is 0 Å². The second-order valence-corrected chi connectivity index (χ2v) is 12.1. The minimum absolute atomic E-state index is 0.336. The first-order valence-electron chi connectivity index (χ1n) is 15.4. The van der Waals surface area contributed by atoms with Crippen molar-refractivity contribution in [2.45, 2.75) is 0 Å². The highest BCUT2D eigenvalue weighted by molar-refractivity contribution is 7.00. The number of fused-ring (bicyclic) bond motifs is 4. The van der Waals surface area contributed by atoms with Gasteiger partial charge in [0.25, 0.3) is 0 Å². The number of urea groups is 1. The van der Waals surface area contributed by atoms with E-state index in [1.807, 2.05) is 84.9 Å². The van der Waals surface area contributed by atoms with E-state index in [-0.39, 0.29) is 19.5 Å². The second kappa shape index (κ2) is 9.97. The third-order valence-electron chi connectivity index (χ3n) is 9.79.